The second-order valence-corrected chi connectivity index (χ2v) is 7.25. The number of carbonyl (C=O) groups excluding carboxylic acids is 2. The topological polar surface area (TPSA) is 58.2 Å². The second-order valence-electron chi connectivity index (χ2n) is 7.25. The molecule has 0 spiro atoms. The highest BCUT2D eigenvalue weighted by atomic mass is 16.2. The monoisotopic (exact) mass is 394 g/mol. The zero-order chi connectivity index (χ0) is 21.1. The summed E-state index contributed by atoms with van der Waals surface area (Å²) in [4.78, 5) is 26.5. The van der Waals surface area contributed by atoms with E-state index in [-0.39, 0.29) is 11.8 Å². The summed E-state index contributed by atoms with van der Waals surface area (Å²) in [6.07, 6.45) is 0. The number of fused-ring (bicyclic) bond motifs is 1. The quantitative estimate of drug-likeness (QED) is 0.449. The van der Waals surface area contributed by atoms with E-state index in [1.807, 2.05) is 92.7 Å². The van der Waals surface area contributed by atoms with Gasteiger partial charge in [-0.25, -0.2) is 0 Å². The normalized spacial score (nSPS) is 10.6. The van der Waals surface area contributed by atoms with Crippen LogP contribution < -0.4 is 10.6 Å². The van der Waals surface area contributed by atoms with Crippen molar-refractivity contribution < 1.29 is 9.59 Å². The van der Waals surface area contributed by atoms with Gasteiger partial charge in [-0.15, -0.1) is 0 Å². The Kier molecular flexibility index (Phi) is 5.31. The van der Waals surface area contributed by atoms with Crippen molar-refractivity contribution in [2.75, 3.05) is 10.6 Å². The number of para-hydroxylation sites is 2. The molecule has 0 bridgehead atoms. The summed E-state index contributed by atoms with van der Waals surface area (Å²) in [5, 5.41) is 7.55. The van der Waals surface area contributed by atoms with Crippen LogP contribution in [0, 0.1) is 13.8 Å². The minimum atomic E-state index is -0.315. The molecule has 4 aromatic rings. The third-order valence-corrected chi connectivity index (χ3v) is 5.19. The molecule has 0 radical (unpaired) electrons. The van der Waals surface area contributed by atoms with Gasteiger partial charge in [-0.05, 0) is 53.9 Å². The number of rotatable bonds is 4. The lowest BCUT2D eigenvalue weighted by Crippen LogP contribution is -2.21. The van der Waals surface area contributed by atoms with Crippen molar-refractivity contribution in [1.82, 2.24) is 0 Å². The van der Waals surface area contributed by atoms with Crippen molar-refractivity contribution >= 4 is 34.0 Å². The molecule has 2 N–H and O–H groups in total. The van der Waals surface area contributed by atoms with E-state index in [1.165, 1.54) is 0 Å². The maximum absolute atomic E-state index is 13.3. The summed E-state index contributed by atoms with van der Waals surface area (Å²) in [5.74, 6) is -0.624. The molecule has 2 amide bonds. The summed E-state index contributed by atoms with van der Waals surface area (Å²) in [5.41, 5.74) is 4.06. The maximum Gasteiger partial charge on any atom is 0.257 e. The molecule has 0 heterocycles. The van der Waals surface area contributed by atoms with E-state index in [2.05, 4.69) is 10.6 Å². The van der Waals surface area contributed by atoms with Crippen molar-refractivity contribution in [1.29, 1.82) is 0 Å². The van der Waals surface area contributed by atoms with Gasteiger partial charge in [0.2, 0.25) is 0 Å². The van der Waals surface area contributed by atoms with Crippen molar-refractivity contribution in [3.63, 3.8) is 0 Å². The molecule has 0 fully saturated rings. The smallest absolute Gasteiger partial charge is 0.257 e. The molecule has 30 heavy (non-hydrogen) atoms. The van der Waals surface area contributed by atoms with Crippen molar-refractivity contribution in [2.45, 2.75) is 13.8 Å². The minimum absolute atomic E-state index is 0.309. The fourth-order valence-corrected chi connectivity index (χ4v) is 3.51. The number of benzene rings is 4. The molecule has 148 valence electrons. The average Bonchev–Trinajstić information content (AvgIpc) is 2.76. The zero-order valence-corrected chi connectivity index (χ0v) is 16.9. The van der Waals surface area contributed by atoms with Crippen LogP contribution in [0.3, 0.4) is 0 Å². The molecule has 0 aliphatic heterocycles. The Morgan fingerprint density at radius 2 is 1.13 bits per heavy atom. The van der Waals surface area contributed by atoms with Gasteiger partial charge in [0, 0.05) is 11.4 Å². The number of aryl methyl sites for hydroxylation is 2. The standard InChI is InChI=1S/C26H22N2O2/c1-17-9-3-7-13-22(17)27-25(29)21-16-15-19-11-5-6-12-20(19)24(21)26(30)28-23-14-8-4-10-18(23)2/h3-16H,1-2H3,(H,27,29)(H,28,30). The Hall–Kier alpha value is -3.92. The van der Waals surface area contributed by atoms with Crippen LogP contribution in [0.4, 0.5) is 11.4 Å². The largest absolute Gasteiger partial charge is 0.322 e. The van der Waals surface area contributed by atoms with E-state index in [4.69, 9.17) is 0 Å². The van der Waals surface area contributed by atoms with Crippen molar-refractivity contribution in [3.05, 3.63) is 107 Å². The minimum Gasteiger partial charge on any atom is -0.322 e. The third kappa shape index (κ3) is 3.80. The van der Waals surface area contributed by atoms with Gasteiger partial charge in [0.05, 0.1) is 11.1 Å². The van der Waals surface area contributed by atoms with E-state index < -0.39 is 0 Å². The molecule has 0 saturated carbocycles. The molecule has 0 unspecified atom stereocenters. The molecule has 0 saturated heterocycles. The highest BCUT2D eigenvalue weighted by molar-refractivity contribution is 6.21. The first-order valence-electron chi connectivity index (χ1n) is 9.80. The number of nitrogens with one attached hydrogen (secondary N) is 2. The van der Waals surface area contributed by atoms with Gasteiger partial charge >= 0.3 is 0 Å². The summed E-state index contributed by atoms with van der Waals surface area (Å²) >= 11 is 0. The SMILES string of the molecule is Cc1ccccc1NC(=O)c1ccc2ccccc2c1C(=O)Nc1ccccc1C. The first-order chi connectivity index (χ1) is 14.5. The first kappa shape index (κ1) is 19.4. The second kappa shape index (κ2) is 8.21. The summed E-state index contributed by atoms with van der Waals surface area (Å²) in [6, 6.07) is 26.3. The lowest BCUT2D eigenvalue weighted by molar-refractivity contribution is 0.0991. The van der Waals surface area contributed by atoms with Crippen molar-refractivity contribution in [2.24, 2.45) is 0 Å². The molecular formula is C26H22N2O2. The predicted molar refractivity (Wildman–Crippen MR) is 122 cm³/mol. The Morgan fingerprint density at radius 1 is 0.600 bits per heavy atom. The molecule has 0 atom stereocenters. The van der Waals surface area contributed by atoms with Gasteiger partial charge < -0.3 is 10.6 Å². The lowest BCUT2D eigenvalue weighted by atomic mass is 9.97. The Balaban J connectivity index is 1.78. The Bertz CT molecular complexity index is 1260. The number of hydrogen-bond donors (Lipinski definition) is 2. The maximum atomic E-state index is 13.3. The zero-order valence-electron chi connectivity index (χ0n) is 16.9. The van der Waals surface area contributed by atoms with Crippen molar-refractivity contribution in [3.8, 4) is 0 Å². The number of amides is 2. The third-order valence-electron chi connectivity index (χ3n) is 5.19. The number of anilines is 2. The van der Waals surface area contributed by atoms with E-state index in [0.29, 0.717) is 11.1 Å². The highest BCUT2D eigenvalue weighted by Crippen LogP contribution is 2.26. The van der Waals surface area contributed by atoms with Gasteiger partial charge in [0.15, 0.2) is 0 Å². The van der Waals surface area contributed by atoms with E-state index >= 15 is 0 Å². The molecular weight excluding hydrogens is 372 g/mol. The number of carbonyl (C=O) groups is 2. The summed E-state index contributed by atoms with van der Waals surface area (Å²) in [6.45, 7) is 3.87. The number of hydrogen-bond acceptors (Lipinski definition) is 2. The molecule has 0 aromatic heterocycles. The molecule has 4 nitrogen and oxygen atoms in total. The fourth-order valence-electron chi connectivity index (χ4n) is 3.51. The van der Waals surface area contributed by atoms with Crippen LogP contribution in [-0.2, 0) is 0 Å². The van der Waals surface area contributed by atoms with Crippen LogP contribution in [-0.4, -0.2) is 11.8 Å². The van der Waals surface area contributed by atoms with E-state index in [9.17, 15) is 9.59 Å². The van der Waals surface area contributed by atoms with Crippen LogP contribution in [0.15, 0.2) is 84.9 Å². The lowest BCUT2D eigenvalue weighted by Gasteiger charge is -2.15. The van der Waals surface area contributed by atoms with Gasteiger partial charge in [0.25, 0.3) is 11.8 Å². The van der Waals surface area contributed by atoms with Gasteiger partial charge in [-0.3, -0.25) is 9.59 Å². The van der Waals surface area contributed by atoms with Crippen LogP contribution in [0.1, 0.15) is 31.8 Å². The van der Waals surface area contributed by atoms with Gasteiger partial charge in [-0.2, -0.15) is 0 Å². The average molecular weight is 394 g/mol. The molecule has 4 aromatic carbocycles. The van der Waals surface area contributed by atoms with Crippen LogP contribution in [0.25, 0.3) is 10.8 Å². The molecule has 0 aliphatic carbocycles. The van der Waals surface area contributed by atoms with Gasteiger partial charge in [0.1, 0.15) is 0 Å². The van der Waals surface area contributed by atoms with Crippen LogP contribution >= 0.6 is 0 Å². The molecule has 4 rings (SSSR count). The summed E-state index contributed by atoms with van der Waals surface area (Å²) in [7, 11) is 0. The summed E-state index contributed by atoms with van der Waals surface area (Å²) < 4.78 is 0. The highest BCUT2D eigenvalue weighted by Gasteiger charge is 2.21. The van der Waals surface area contributed by atoms with E-state index in [1.54, 1.807) is 6.07 Å². The Morgan fingerprint density at radius 3 is 1.77 bits per heavy atom. The predicted octanol–water partition coefficient (Wildman–Crippen LogP) is 5.96. The Labute approximate surface area is 175 Å². The van der Waals surface area contributed by atoms with Crippen LogP contribution in [0.2, 0.25) is 0 Å². The van der Waals surface area contributed by atoms with Gasteiger partial charge in [-0.1, -0.05) is 66.7 Å². The first-order valence-corrected chi connectivity index (χ1v) is 9.80. The molecule has 4 heteroatoms. The molecule has 0 aliphatic rings. The van der Waals surface area contributed by atoms with E-state index in [0.717, 1.165) is 33.3 Å². The van der Waals surface area contributed by atoms with Crippen LogP contribution in [0.5, 0.6) is 0 Å². The fraction of sp³-hybridized carbons (Fsp3) is 0.0769.